The number of phenolic OH excluding ortho intramolecular Hbond substituents is 1. The van der Waals surface area contributed by atoms with Gasteiger partial charge in [-0.05, 0) is 31.0 Å². The maximum Gasteiger partial charge on any atom is 0.138 e. The molecule has 0 aromatic heterocycles. The number of aromatic hydroxyl groups is 1. The standard InChI is InChI=1S/C14H16BrNO2/c15-10-5-6-13(17)11(7-10)14-16-12-4-2-1-3-9(12)8-18-14/h1-2,5-7,9,12,14,16-17H,3-4,8H2/t9-,12+,14?/m1/s1. The van der Waals surface area contributed by atoms with Crippen molar-refractivity contribution >= 4 is 15.9 Å². The van der Waals surface area contributed by atoms with E-state index >= 15 is 0 Å². The van der Waals surface area contributed by atoms with Crippen LogP contribution in [0.3, 0.4) is 0 Å². The smallest absolute Gasteiger partial charge is 0.138 e. The van der Waals surface area contributed by atoms with E-state index in [9.17, 15) is 5.11 Å². The van der Waals surface area contributed by atoms with Gasteiger partial charge in [-0.3, -0.25) is 5.32 Å². The van der Waals surface area contributed by atoms with Gasteiger partial charge in [0.25, 0.3) is 0 Å². The van der Waals surface area contributed by atoms with Crippen molar-refractivity contribution in [3.8, 4) is 5.75 Å². The fraction of sp³-hybridized carbons (Fsp3) is 0.429. The van der Waals surface area contributed by atoms with E-state index in [0.717, 1.165) is 29.5 Å². The summed E-state index contributed by atoms with van der Waals surface area (Å²) in [6, 6.07) is 5.88. The Hall–Kier alpha value is -0.840. The van der Waals surface area contributed by atoms with E-state index in [2.05, 4.69) is 33.4 Å². The van der Waals surface area contributed by atoms with Gasteiger partial charge in [0.2, 0.25) is 0 Å². The lowest BCUT2D eigenvalue weighted by atomic mass is 9.88. The molecule has 0 amide bonds. The molecule has 18 heavy (non-hydrogen) atoms. The Kier molecular flexibility index (Phi) is 3.41. The van der Waals surface area contributed by atoms with Gasteiger partial charge in [0.05, 0.1) is 6.61 Å². The van der Waals surface area contributed by atoms with Gasteiger partial charge in [-0.25, -0.2) is 0 Å². The van der Waals surface area contributed by atoms with E-state index in [4.69, 9.17) is 4.74 Å². The minimum atomic E-state index is -0.213. The quantitative estimate of drug-likeness (QED) is 0.783. The van der Waals surface area contributed by atoms with E-state index < -0.39 is 0 Å². The summed E-state index contributed by atoms with van der Waals surface area (Å²) in [6.07, 6.45) is 6.35. The molecule has 0 saturated carbocycles. The topological polar surface area (TPSA) is 41.5 Å². The third-order valence-corrected chi connectivity index (χ3v) is 4.17. The highest BCUT2D eigenvalue weighted by molar-refractivity contribution is 9.10. The van der Waals surface area contributed by atoms with Crippen LogP contribution in [0.1, 0.15) is 24.6 Å². The lowest BCUT2D eigenvalue weighted by Crippen LogP contribution is -2.47. The zero-order valence-electron chi connectivity index (χ0n) is 9.97. The summed E-state index contributed by atoms with van der Waals surface area (Å²) < 4.78 is 6.79. The SMILES string of the molecule is Oc1ccc(Br)cc1C1N[C@H]2CC=CC[C@@H]2CO1. The van der Waals surface area contributed by atoms with Crippen molar-refractivity contribution in [2.24, 2.45) is 5.92 Å². The van der Waals surface area contributed by atoms with Crippen molar-refractivity contribution < 1.29 is 9.84 Å². The predicted molar refractivity (Wildman–Crippen MR) is 73.3 cm³/mol. The van der Waals surface area contributed by atoms with Crippen LogP contribution < -0.4 is 5.32 Å². The summed E-state index contributed by atoms with van der Waals surface area (Å²) >= 11 is 3.43. The Labute approximate surface area is 115 Å². The highest BCUT2D eigenvalue weighted by atomic mass is 79.9. The van der Waals surface area contributed by atoms with Gasteiger partial charge in [-0.15, -0.1) is 0 Å². The fourth-order valence-corrected chi connectivity index (χ4v) is 3.01. The molecule has 0 spiro atoms. The molecule has 1 saturated heterocycles. The molecule has 1 aromatic carbocycles. The van der Waals surface area contributed by atoms with Gasteiger partial charge >= 0.3 is 0 Å². The average Bonchev–Trinajstić information content (AvgIpc) is 2.41. The van der Waals surface area contributed by atoms with Crippen LogP contribution >= 0.6 is 15.9 Å². The largest absolute Gasteiger partial charge is 0.508 e. The van der Waals surface area contributed by atoms with Crippen LogP contribution in [0.25, 0.3) is 0 Å². The molecule has 1 aromatic rings. The molecule has 3 atom stereocenters. The Morgan fingerprint density at radius 1 is 1.28 bits per heavy atom. The summed E-state index contributed by atoms with van der Waals surface area (Å²) in [4.78, 5) is 0. The van der Waals surface area contributed by atoms with Crippen molar-refractivity contribution in [1.29, 1.82) is 0 Å². The van der Waals surface area contributed by atoms with Crippen LogP contribution in [0, 0.1) is 5.92 Å². The molecule has 4 heteroatoms. The van der Waals surface area contributed by atoms with Crippen LogP contribution in [0.2, 0.25) is 0 Å². The Morgan fingerprint density at radius 3 is 3.00 bits per heavy atom. The second kappa shape index (κ2) is 5.03. The minimum Gasteiger partial charge on any atom is -0.508 e. The normalized spacial score (nSPS) is 31.1. The first kappa shape index (κ1) is 12.2. The van der Waals surface area contributed by atoms with Crippen LogP contribution in [-0.2, 0) is 4.74 Å². The zero-order valence-corrected chi connectivity index (χ0v) is 11.6. The number of benzene rings is 1. The maximum atomic E-state index is 9.93. The van der Waals surface area contributed by atoms with Gasteiger partial charge in [-0.1, -0.05) is 28.1 Å². The first-order valence-electron chi connectivity index (χ1n) is 6.25. The van der Waals surface area contributed by atoms with Crippen LogP contribution in [0.4, 0.5) is 0 Å². The number of phenols is 1. The van der Waals surface area contributed by atoms with Crippen molar-refractivity contribution in [1.82, 2.24) is 5.32 Å². The molecule has 1 fully saturated rings. The van der Waals surface area contributed by atoms with Crippen molar-refractivity contribution in [3.05, 3.63) is 40.4 Å². The van der Waals surface area contributed by atoms with Crippen molar-refractivity contribution in [2.45, 2.75) is 25.1 Å². The summed E-state index contributed by atoms with van der Waals surface area (Å²) in [5.41, 5.74) is 0.803. The highest BCUT2D eigenvalue weighted by Crippen LogP contribution is 2.34. The number of hydrogen-bond donors (Lipinski definition) is 2. The molecule has 3 rings (SSSR count). The van der Waals surface area contributed by atoms with Gasteiger partial charge in [0.15, 0.2) is 0 Å². The Bertz CT molecular complexity index is 475. The van der Waals surface area contributed by atoms with E-state index in [1.807, 2.05) is 12.1 Å². The highest BCUT2D eigenvalue weighted by Gasteiger charge is 2.32. The van der Waals surface area contributed by atoms with Crippen molar-refractivity contribution in [3.63, 3.8) is 0 Å². The third-order valence-electron chi connectivity index (χ3n) is 3.68. The number of fused-ring (bicyclic) bond motifs is 1. The van der Waals surface area contributed by atoms with Gasteiger partial charge in [0, 0.05) is 22.0 Å². The van der Waals surface area contributed by atoms with E-state index in [-0.39, 0.29) is 12.0 Å². The Balaban J connectivity index is 1.81. The summed E-state index contributed by atoms with van der Waals surface area (Å²) in [5.74, 6) is 0.834. The molecule has 1 unspecified atom stereocenters. The second-order valence-electron chi connectivity index (χ2n) is 4.89. The summed E-state index contributed by atoms with van der Waals surface area (Å²) in [6.45, 7) is 0.749. The molecule has 3 nitrogen and oxygen atoms in total. The molecule has 1 aliphatic heterocycles. The molecule has 0 bridgehead atoms. The minimum absolute atomic E-state index is 0.213. The number of nitrogens with one attached hydrogen (secondary N) is 1. The molecule has 1 aliphatic carbocycles. The monoisotopic (exact) mass is 309 g/mol. The van der Waals surface area contributed by atoms with E-state index in [1.54, 1.807) is 6.07 Å². The number of halogens is 1. The first-order valence-corrected chi connectivity index (χ1v) is 7.04. The van der Waals surface area contributed by atoms with Gasteiger partial charge in [-0.2, -0.15) is 0 Å². The molecular weight excluding hydrogens is 294 g/mol. The first-order chi connectivity index (χ1) is 8.74. The number of ether oxygens (including phenoxy) is 1. The van der Waals surface area contributed by atoms with Crippen LogP contribution in [0.15, 0.2) is 34.8 Å². The Morgan fingerprint density at radius 2 is 2.11 bits per heavy atom. The van der Waals surface area contributed by atoms with Crippen LogP contribution in [0.5, 0.6) is 5.75 Å². The third kappa shape index (κ3) is 2.32. The zero-order chi connectivity index (χ0) is 12.5. The summed E-state index contributed by atoms with van der Waals surface area (Å²) in [5, 5.41) is 13.4. The molecule has 2 N–H and O–H groups in total. The molecule has 0 radical (unpaired) electrons. The second-order valence-corrected chi connectivity index (χ2v) is 5.81. The number of hydrogen-bond acceptors (Lipinski definition) is 3. The lowest BCUT2D eigenvalue weighted by molar-refractivity contribution is -0.0545. The van der Waals surface area contributed by atoms with Gasteiger partial charge in [0.1, 0.15) is 12.0 Å². The average molecular weight is 310 g/mol. The molecular formula is C14H16BrNO2. The number of allylic oxidation sites excluding steroid dienone is 1. The predicted octanol–water partition coefficient (Wildman–Crippen LogP) is 3.11. The maximum absolute atomic E-state index is 9.93. The van der Waals surface area contributed by atoms with E-state index in [1.165, 1.54) is 0 Å². The van der Waals surface area contributed by atoms with E-state index in [0.29, 0.717) is 12.0 Å². The molecule has 96 valence electrons. The summed E-state index contributed by atoms with van der Waals surface area (Å²) in [7, 11) is 0. The van der Waals surface area contributed by atoms with Crippen LogP contribution in [-0.4, -0.2) is 17.8 Å². The molecule has 2 aliphatic rings. The fourth-order valence-electron chi connectivity index (χ4n) is 2.64. The molecule has 1 heterocycles. The lowest BCUT2D eigenvalue weighted by Gasteiger charge is -2.38. The van der Waals surface area contributed by atoms with Gasteiger partial charge < -0.3 is 9.84 Å². The number of rotatable bonds is 1. The van der Waals surface area contributed by atoms with Crippen molar-refractivity contribution in [2.75, 3.05) is 6.61 Å².